The van der Waals surface area contributed by atoms with Crippen molar-refractivity contribution in [3.63, 3.8) is 0 Å². The van der Waals surface area contributed by atoms with Crippen LogP contribution in [0.4, 0.5) is 0 Å². The van der Waals surface area contributed by atoms with Gasteiger partial charge in [0.25, 0.3) is 0 Å². The van der Waals surface area contributed by atoms with Crippen molar-refractivity contribution in [1.29, 1.82) is 0 Å². The van der Waals surface area contributed by atoms with E-state index in [1.807, 2.05) is 60.7 Å². The average molecular weight is 1030 g/mol. The summed E-state index contributed by atoms with van der Waals surface area (Å²) in [5.41, 5.74) is 8.73. The predicted molar refractivity (Wildman–Crippen MR) is 235 cm³/mol. The number of piperidine rings is 1. The first kappa shape index (κ1) is 46.8. The van der Waals surface area contributed by atoms with Crippen molar-refractivity contribution in [2.24, 2.45) is 11.7 Å². The Bertz CT molecular complexity index is 2710. The van der Waals surface area contributed by atoms with E-state index in [-0.39, 0.29) is 76.3 Å². The monoisotopic (exact) mass is 1030 g/mol. The van der Waals surface area contributed by atoms with E-state index in [1.165, 1.54) is 6.26 Å². The van der Waals surface area contributed by atoms with E-state index in [0.29, 0.717) is 64.4 Å². The summed E-state index contributed by atoms with van der Waals surface area (Å²) in [6.07, 6.45) is 10.4. The number of nitrogens with two attached hydrogens (primary N) is 1. The molecule has 2 atom stereocenters. The summed E-state index contributed by atoms with van der Waals surface area (Å²) in [6.45, 7) is 2.77. The number of hydrogen-bond acceptors (Lipinski definition) is 11. The summed E-state index contributed by atoms with van der Waals surface area (Å²) in [5.74, 6) is 1.55. The molecular formula is C48H53N2O10SW-. The van der Waals surface area contributed by atoms with Crippen LogP contribution >= 0.6 is 0 Å². The van der Waals surface area contributed by atoms with Gasteiger partial charge in [0, 0.05) is 87.3 Å². The second-order valence-electron chi connectivity index (χ2n) is 16.3. The largest absolute Gasteiger partial charge is 0.494 e. The maximum atomic E-state index is 12.5. The van der Waals surface area contributed by atoms with Crippen molar-refractivity contribution in [3.05, 3.63) is 91.7 Å². The molecule has 4 aromatic carbocycles. The summed E-state index contributed by atoms with van der Waals surface area (Å²) >= 11 is 0. The van der Waals surface area contributed by atoms with Crippen LogP contribution in [-0.2, 0) is 50.3 Å². The fourth-order valence-electron chi connectivity index (χ4n) is 9.10. The number of sulfonamides is 1. The summed E-state index contributed by atoms with van der Waals surface area (Å²) in [7, 11) is -3.08. The van der Waals surface area contributed by atoms with Crippen molar-refractivity contribution in [3.8, 4) is 11.5 Å². The molecule has 12 nitrogen and oxygen atoms in total. The van der Waals surface area contributed by atoms with Gasteiger partial charge in [-0.15, -0.1) is 0 Å². The maximum absolute atomic E-state index is 12.5. The van der Waals surface area contributed by atoms with Gasteiger partial charge in [-0.2, -0.15) is 0 Å². The smallest absolute Gasteiger partial charge is 0.211 e. The summed E-state index contributed by atoms with van der Waals surface area (Å²) in [4.78, 5) is 48.1. The van der Waals surface area contributed by atoms with E-state index in [1.54, 1.807) is 16.8 Å². The van der Waals surface area contributed by atoms with Gasteiger partial charge in [0.05, 0.1) is 38.2 Å². The summed E-state index contributed by atoms with van der Waals surface area (Å²) in [5, 5.41) is 5.97. The topological polar surface area (TPSA) is 176 Å². The molecule has 1 aliphatic heterocycles. The number of nitrogens with zero attached hydrogens (tertiary/aromatic N) is 1. The minimum Gasteiger partial charge on any atom is -0.494 e. The van der Waals surface area contributed by atoms with Crippen molar-refractivity contribution >= 4 is 76.6 Å². The van der Waals surface area contributed by atoms with Crippen LogP contribution in [0.3, 0.4) is 0 Å². The first-order valence-corrected chi connectivity index (χ1v) is 22.7. The van der Waals surface area contributed by atoms with E-state index in [0.717, 1.165) is 91.8 Å². The molecule has 6 aromatic rings. The number of Topliss-reactive ketones (excluding diaryl/α,β-unsaturated/α-hetero) is 4. The molecule has 0 bridgehead atoms. The van der Waals surface area contributed by atoms with Crippen molar-refractivity contribution < 1.29 is 67.0 Å². The van der Waals surface area contributed by atoms with Crippen LogP contribution in [0.25, 0.3) is 43.5 Å². The Hall–Kier alpha value is -4.68. The Labute approximate surface area is 376 Å². The average Bonchev–Trinajstić information content (AvgIpc) is 3.87. The number of rotatable bonds is 11. The molecule has 3 fully saturated rings. The van der Waals surface area contributed by atoms with Crippen LogP contribution in [0.15, 0.2) is 82.0 Å². The van der Waals surface area contributed by atoms with E-state index < -0.39 is 10.0 Å². The zero-order valence-electron chi connectivity index (χ0n) is 35.2. The maximum Gasteiger partial charge on any atom is 0.211 e. The van der Waals surface area contributed by atoms with Gasteiger partial charge in [-0.25, -0.2) is 12.7 Å². The minimum absolute atomic E-state index is 0. The van der Waals surface area contributed by atoms with E-state index in [9.17, 15) is 27.6 Å². The minimum atomic E-state index is -3.08. The third-order valence-electron chi connectivity index (χ3n) is 12.3. The molecule has 0 amide bonds. The van der Waals surface area contributed by atoms with Crippen molar-refractivity contribution in [2.45, 2.75) is 76.0 Å². The second-order valence-corrected chi connectivity index (χ2v) is 18.3. The van der Waals surface area contributed by atoms with Gasteiger partial charge in [-0.1, -0.05) is 12.1 Å². The molecule has 328 valence electrons. The van der Waals surface area contributed by atoms with E-state index in [2.05, 4.69) is 0 Å². The molecule has 14 heteroatoms. The Morgan fingerprint density at radius 3 is 1.63 bits per heavy atom. The first-order valence-electron chi connectivity index (χ1n) is 20.8. The number of carbonyl (C=O) groups is 4. The van der Waals surface area contributed by atoms with Crippen LogP contribution in [0, 0.1) is 13.3 Å². The van der Waals surface area contributed by atoms with Gasteiger partial charge in [0.15, 0.2) is 0 Å². The molecule has 2 aliphatic carbocycles. The molecule has 2 aromatic heterocycles. The quantitative estimate of drug-likeness (QED) is 0.0747. The molecule has 3 aliphatic rings. The number of ether oxygens (including phenoxy) is 2. The molecular weight excluding hydrogens is 980 g/mol. The molecule has 2 N–H and O–H groups in total. The van der Waals surface area contributed by atoms with Gasteiger partial charge in [0.2, 0.25) is 10.0 Å². The Morgan fingerprint density at radius 2 is 1.18 bits per heavy atom. The molecule has 1 saturated heterocycles. The predicted octanol–water partition coefficient (Wildman–Crippen LogP) is 8.60. The van der Waals surface area contributed by atoms with Crippen LogP contribution in [-0.4, -0.2) is 75.0 Å². The zero-order valence-corrected chi connectivity index (χ0v) is 38.9. The van der Waals surface area contributed by atoms with E-state index >= 15 is 0 Å². The molecule has 0 radical (unpaired) electrons. The van der Waals surface area contributed by atoms with Crippen LogP contribution < -0.4 is 15.2 Å². The van der Waals surface area contributed by atoms with Gasteiger partial charge in [0.1, 0.15) is 52.4 Å². The van der Waals surface area contributed by atoms with Gasteiger partial charge >= 0.3 is 0 Å². The molecule has 3 heterocycles. The number of fused-ring (bicyclic) bond motifs is 6. The number of carbonyl (C=O) groups excluding carboxylic acids is 4. The first-order chi connectivity index (χ1) is 29.0. The van der Waals surface area contributed by atoms with Crippen molar-refractivity contribution in [1.82, 2.24) is 4.31 Å². The Morgan fingerprint density at radius 1 is 0.694 bits per heavy atom. The summed E-state index contributed by atoms with van der Waals surface area (Å²) in [6, 6.07) is 19.7. The SMILES string of the molecule is CS(=O)(=O)N1CCC(CCCOc2ccc3c(ccc4occ(C5CCC(=O)CC5=O)c43)c2)CC1.NCCOc1ccc2c(ccc3occ(C4CCC(=O)CC4=O)c32)c1.[CH3-].[W]. The molecule has 0 spiro atoms. The molecule has 9 rings (SSSR count). The standard InChI is InChI=1S/C27H31NO6S.C20H19NO4.CH3.W/c1-35(31,32)28-12-10-18(11-13-28)3-2-14-33-21-6-8-22-19(15-21)4-9-26-27(22)24(17-34-26)23-7-5-20(29)16-25(23)30;21-7-8-24-14-3-5-15-12(9-14)1-6-19-20(15)17(11-25-19)16-4-2-13(22)10-18(16)23;;/h4,6,8-9,15,17-18,23H,2-3,5,7,10-14,16H2,1H3;1,3,5-6,9,11,16H,2,4,7-8,10,21H2;1H3;/q;;-1;. The third kappa shape index (κ3) is 10.2. The normalized spacial score (nSPS) is 19.0. The number of benzene rings is 4. The Kier molecular flexibility index (Phi) is 15.3. The van der Waals surface area contributed by atoms with Crippen LogP contribution in [0.2, 0.25) is 0 Å². The number of furan rings is 2. The van der Waals surface area contributed by atoms with Crippen LogP contribution in [0.5, 0.6) is 11.5 Å². The van der Waals surface area contributed by atoms with E-state index in [4.69, 9.17) is 24.0 Å². The van der Waals surface area contributed by atoms with Crippen LogP contribution in [0.1, 0.15) is 87.2 Å². The van der Waals surface area contributed by atoms with Gasteiger partial charge < -0.3 is 31.5 Å². The van der Waals surface area contributed by atoms with Gasteiger partial charge in [-0.3, -0.25) is 19.2 Å². The fraction of sp³-hybridized carbons (Fsp3) is 0.396. The Balaban J connectivity index is 0.000000211. The summed E-state index contributed by atoms with van der Waals surface area (Å²) < 4.78 is 48.0. The molecule has 62 heavy (non-hydrogen) atoms. The number of hydrogen-bond donors (Lipinski definition) is 1. The third-order valence-corrected chi connectivity index (χ3v) is 13.6. The second kappa shape index (κ2) is 20.2. The number of ketones is 4. The molecule has 2 unspecified atom stereocenters. The van der Waals surface area contributed by atoms with Crippen molar-refractivity contribution in [2.75, 3.05) is 39.1 Å². The molecule has 2 saturated carbocycles. The zero-order chi connectivity index (χ0) is 42.0. The van der Waals surface area contributed by atoms with Gasteiger partial charge in [-0.05, 0) is 115 Å². The fourth-order valence-corrected chi connectivity index (χ4v) is 9.98.